The zero-order valence-corrected chi connectivity index (χ0v) is 9.29. The van der Waals surface area contributed by atoms with Gasteiger partial charge in [0.1, 0.15) is 6.29 Å². The third-order valence-electron chi connectivity index (χ3n) is 1.69. The molecule has 0 saturated carbocycles. The van der Waals surface area contributed by atoms with E-state index in [2.05, 4.69) is 0 Å². The molecule has 0 heterocycles. The molecule has 0 aromatic rings. The van der Waals surface area contributed by atoms with Gasteiger partial charge >= 0.3 is 5.97 Å². The lowest BCUT2D eigenvalue weighted by Crippen LogP contribution is -2.23. The molecule has 0 aliphatic carbocycles. The normalized spacial score (nSPS) is 12.4. The molecule has 0 fully saturated rings. The van der Waals surface area contributed by atoms with Crippen molar-refractivity contribution >= 4 is 12.3 Å². The molecule has 3 heteroatoms. The number of allylic oxidation sites excluding steroid dienone is 1. The lowest BCUT2D eigenvalue weighted by atomic mass is 9.97. The van der Waals surface area contributed by atoms with Crippen molar-refractivity contribution in [3.8, 4) is 0 Å². The number of aldehydes is 1. The van der Waals surface area contributed by atoms with Crippen LogP contribution in [0.15, 0.2) is 11.6 Å². The molecule has 0 aromatic heterocycles. The van der Waals surface area contributed by atoms with Gasteiger partial charge in [-0.2, -0.15) is 0 Å². The van der Waals surface area contributed by atoms with E-state index in [1.807, 2.05) is 27.7 Å². The van der Waals surface area contributed by atoms with Crippen LogP contribution in [0.25, 0.3) is 0 Å². The van der Waals surface area contributed by atoms with E-state index in [0.717, 1.165) is 11.9 Å². The maximum absolute atomic E-state index is 11.3. The molecule has 80 valence electrons. The third kappa shape index (κ3) is 5.51. The summed E-state index contributed by atoms with van der Waals surface area (Å²) in [4.78, 5) is 21.4. The minimum atomic E-state index is -0.456. The van der Waals surface area contributed by atoms with Crippen LogP contribution in [0.2, 0.25) is 0 Å². The second kappa shape index (κ2) is 5.58. The molecule has 0 spiro atoms. The van der Waals surface area contributed by atoms with Crippen molar-refractivity contribution in [1.29, 1.82) is 0 Å². The molecular weight excluding hydrogens is 180 g/mol. The van der Waals surface area contributed by atoms with Crippen LogP contribution in [0.4, 0.5) is 0 Å². The van der Waals surface area contributed by atoms with E-state index in [4.69, 9.17) is 4.74 Å². The van der Waals surface area contributed by atoms with E-state index in [9.17, 15) is 9.59 Å². The molecule has 0 bridgehead atoms. The van der Waals surface area contributed by atoms with Crippen molar-refractivity contribution in [3.05, 3.63) is 11.6 Å². The molecule has 0 aliphatic heterocycles. The van der Waals surface area contributed by atoms with E-state index in [-0.39, 0.29) is 5.97 Å². The van der Waals surface area contributed by atoms with Gasteiger partial charge in [0.15, 0.2) is 0 Å². The monoisotopic (exact) mass is 198 g/mol. The van der Waals surface area contributed by atoms with E-state index in [1.165, 1.54) is 6.08 Å². The Labute approximate surface area is 85.1 Å². The smallest absolute Gasteiger partial charge is 0.311 e. The average Bonchev–Trinajstić information content (AvgIpc) is 2.02. The van der Waals surface area contributed by atoms with Crippen molar-refractivity contribution in [2.24, 2.45) is 5.41 Å². The Morgan fingerprint density at radius 1 is 1.36 bits per heavy atom. The summed E-state index contributed by atoms with van der Waals surface area (Å²) in [6, 6.07) is 0. The van der Waals surface area contributed by atoms with Gasteiger partial charge in [-0.05, 0) is 33.8 Å². The second-order valence-electron chi connectivity index (χ2n) is 4.29. The van der Waals surface area contributed by atoms with E-state index >= 15 is 0 Å². The predicted octanol–water partition coefficient (Wildman–Crippen LogP) is 2.11. The number of hydrogen-bond acceptors (Lipinski definition) is 3. The van der Waals surface area contributed by atoms with Crippen molar-refractivity contribution in [3.63, 3.8) is 0 Å². The zero-order chi connectivity index (χ0) is 11.2. The SMILES string of the molecule is C/C(=C\C=O)CCOC(=O)C(C)(C)C. The van der Waals surface area contributed by atoms with E-state index in [0.29, 0.717) is 13.0 Å². The molecular formula is C11H18O3. The highest BCUT2D eigenvalue weighted by molar-refractivity contribution is 5.75. The van der Waals surface area contributed by atoms with Gasteiger partial charge in [0, 0.05) is 6.42 Å². The summed E-state index contributed by atoms with van der Waals surface area (Å²) in [6.45, 7) is 7.60. The minimum Gasteiger partial charge on any atom is -0.465 e. The van der Waals surface area contributed by atoms with E-state index < -0.39 is 5.41 Å². The van der Waals surface area contributed by atoms with Crippen molar-refractivity contribution in [1.82, 2.24) is 0 Å². The van der Waals surface area contributed by atoms with Crippen molar-refractivity contribution in [2.45, 2.75) is 34.1 Å². The minimum absolute atomic E-state index is 0.212. The fraction of sp³-hybridized carbons (Fsp3) is 0.636. The Morgan fingerprint density at radius 2 is 1.93 bits per heavy atom. The number of rotatable bonds is 4. The second-order valence-corrected chi connectivity index (χ2v) is 4.29. The summed E-state index contributed by atoms with van der Waals surface area (Å²) in [5.74, 6) is -0.212. The molecule has 0 atom stereocenters. The lowest BCUT2D eigenvalue weighted by Gasteiger charge is -2.16. The van der Waals surface area contributed by atoms with Crippen LogP contribution < -0.4 is 0 Å². The van der Waals surface area contributed by atoms with Gasteiger partial charge in [-0.3, -0.25) is 9.59 Å². The van der Waals surface area contributed by atoms with Crippen LogP contribution in [-0.4, -0.2) is 18.9 Å². The first-order chi connectivity index (χ1) is 6.38. The largest absolute Gasteiger partial charge is 0.465 e. The zero-order valence-electron chi connectivity index (χ0n) is 9.29. The molecule has 0 rings (SSSR count). The van der Waals surface area contributed by atoms with Crippen LogP contribution in [0.5, 0.6) is 0 Å². The molecule has 0 N–H and O–H groups in total. The predicted molar refractivity (Wildman–Crippen MR) is 54.9 cm³/mol. The number of carbonyl (C=O) groups excluding carboxylic acids is 2. The van der Waals surface area contributed by atoms with Crippen LogP contribution in [-0.2, 0) is 14.3 Å². The van der Waals surface area contributed by atoms with Gasteiger partial charge < -0.3 is 4.74 Å². The highest BCUT2D eigenvalue weighted by Crippen LogP contribution is 2.15. The molecule has 0 saturated heterocycles. The fourth-order valence-corrected chi connectivity index (χ4v) is 0.721. The maximum Gasteiger partial charge on any atom is 0.311 e. The number of esters is 1. The van der Waals surface area contributed by atoms with Crippen molar-refractivity contribution in [2.75, 3.05) is 6.61 Å². The maximum atomic E-state index is 11.3. The Kier molecular flexibility index (Phi) is 5.13. The molecule has 3 nitrogen and oxygen atoms in total. The summed E-state index contributed by atoms with van der Waals surface area (Å²) in [5.41, 5.74) is 0.462. The van der Waals surface area contributed by atoms with Gasteiger partial charge in [0.05, 0.1) is 12.0 Å². The molecule has 0 unspecified atom stereocenters. The lowest BCUT2D eigenvalue weighted by molar-refractivity contribution is -0.152. The average molecular weight is 198 g/mol. The van der Waals surface area contributed by atoms with Crippen LogP contribution in [0, 0.1) is 5.41 Å². The highest BCUT2D eigenvalue weighted by Gasteiger charge is 2.22. The summed E-state index contributed by atoms with van der Waals surface area (Å²) in [5, 5.41) is 0. The molecule has 14 heavy (non-hydrogen) atoms. The highest BCUT2D eigenvalue weighted by atomic mass is 16.5. The third-order valence-corrected chi connectivity index (χ3v) is 1.69. The van der Waals surface area contributed by atoms with Crippen molar-refractivity contribution < 1.29 is 14.3 Å². The van der Waals surface area contributed by atoms with Gasteiger partial charge in [0.2, 0.25) is 0 Å². The van der Waals surface area contributed by atoms with Crippen LogP contribution in [0.3, 0.4) is 0 Å². The van der Waals surface area contributed by atoms with Gasteiger partial charge in [-0.1, -0.05) is 5.57 Å². The van der Waals surface area contributed by atoms with E-state index in [1.54, 1.807) is 0 Å². The topological polar surface area (TPSA) is 43.4 Å². The first-order valence-electron chi connectivity index (χ1n) is 4.66. The summed E-state index contributed by atoms with van der Waals surface area (Å²) in [7, 11) is 0. The molecule has 0 amide bonds. The Morgan fingerprint density at radius 3 is 2.36 bits per heavy atom. The Balaban J connectivity index is 3.81. The Hall–Kier alpha value is -1.12. The van der Waals surface area contributed by atoms with Crippen LogP contribution >= 0.6 is 0 Å². The fourth-order valence-electron chi connectivity index (χ4n) is 0.721. The number of hydrogen-bond donors (Lipinski definition) is 0. The number of ether oxygens (including phenoxy) is 1. The first kappa shape index (κ1) is 12.9. The molecule has 0 radical (unpaired) electrons. The quantitative estimate of drug-likeness (QED) is 0.395. The summed E-state index contributed by atoms with van der Waals surface area (Å²) < 4.78 is 5.03. The Bertz CT molecular complexity index is 233. The summed E-state index contributed by atoms with van der Waals surface area (Å²) in [6.07, 6.45) is 2.83. The number of carbonyl (C=O) groups is 2. The summed E-state index contributed by atoms with van der Waals surface area (Å²) >= 11 is 0. The van der Waals surface area contributed by atoms with Crippen LogP contribution in [0.1, 0.15) is 34.1 Å². The van der Waals surface area contributed by atoms with Gasteiger partial charge in [-0.15, -0.1) is 0 Å². The first-order valence-corrected chi connectivity index (χ1v) is 4.66. The molecule has 0 aromatic carbocycles. The molecule has 0 aliphatic rings. The standard InChI is InChI=1S/C11H18O3/c1-9(5-7-12)6-8-14-10(13)11(2,3)4/h5,7H,6,8H2,1-4H3/b9-5+. The van der Waals surface area contributed by atoms with Gasteiger partial charge in [-0.25, -0.2) is 0 Å². The van der Waals surface area contributed by atoms with Gasteiger partial charge in [0.25, 0.3) is 0 Å².